The number of hydrogen-bond acceptors (Lipinski definition) is 7. The number of carbonyl (C=O) groups excluding carboxylic acids is 1. The van der Waals surface area contributed by atoms with E-state index in [-0.39, 0.29) is 29.9 Å². The molecule has 1 unspecified atom stereocenters. The molecule has 0 N–H and O–H groups in total. The van der Waals surface area contributed by atoms with Crippen LogP contribution < -0.4 is 4.74 Å². The van der Waals surface area contributed by atoms with Gasteiger partial charge in [0.05, 0.1) is 35.2 Å². The second-order valence-electron chi connectivity index (χ2n) is 8.95. The molecule has 3 heterocycles. The fourth-order valence-corrected chi connectivity index (χ4v) is 7.05. The molecule has 0 saturated carbocycles. The van der Waals surface area contributed by atoms with Crippen molar-refractivity contribution in [2.75, 3.05) is 20.2 Å². The molecule has 0 saturated heterocycles. The molecule has 0 radical (unpaired) electrons. The Morgan fingerprint density at radius 3 is 2.66 bits per heavy atom. The van der Waals surface area contributed by atoms with Crippen molar-refractivity contribution in [2.45, 2.75) is 30.7 Å². The number of pyridine rings is 1. The normalized spacial score (nSPS) is 15.7. The van der Waals surface area contributed by atoms with Gasteiger partial charge in [-0.1, -0.05) is 37.3 Å². The number of sulfonamides is 1. The predicted octanol–water partition coefficient (Wildman–Crippen LogP) is 5.08. The number of hydrogen-bond donors (Lipinski definition) is 0. The first-order valence-electron chi connectivity index (χ1n) is 12.3. The molecule has 1 atom stereocenters. The van der Waals surface area contributed by atoms with E-state index in [1.807, 2.05) is 54.8 Å². The van der Waals surface area contributed by atoms with Gasteiger partial charge in [-0.05, 0) is 47.7 Å². The molecule has 0 bridgehead atoms. The van der Waals surface area contributed by atoms with Crippen LogP contribution in [0.5, 0.6) is 5.75 Å². The van der Waals surface area contributed by atoms with Gasteiger partial charge in [0, 0.05) is 36.1 Å². The van der Waals surface area contributed by atoms with E-state index in [1.54, 1.807) is 49.0 Å². The Morgan fingerprint density at radius 1 is 1.13 bits per heavy atom. The van der Waals surface area contributed by atoms with Gasteiger partial charge in [-0.2, -0.15) is 9.41 Å². The number of rotatable bonds is 9. The molecule has 0 spiro atoms. The van der Waals surface area contributed by atoms with Crippen LogP contribution >= 0.6 is 11.3 Å². The lowest BCUT2D eigenvalue weighted by Gasteiger charge is -2.27. The molecule has 1 aliphatic rings. The number of carbonyl (C=O) groups is 1. The first kappa shape index (κ1) is 26.0. The molecule has 10 heteroatoms. The number of aromatic nitrogens is 1. The molecule has 38 heavy (non-hydrogen) atoms. The molecule has 196 valence electrons. The second-order valence-corrected chi connectivity index (χ2v) is 11.8. The predicted molar refractivity (Wildman–Crippen MR) is 149 cm³/mol. The maximum Gasteiger partial charge on any atom is 0.258 e. The van der Waals surface area contributed by atoms with Crippen molar-refractivity contribution < 1.29 is 17.9 Å². The monoisotopic (exact) mass is 548 g/mol. The van der Waals surface area contributed by atoms with E-state index in [1.165, 1.54) is 9.31 Å². The quantitative estimate of drug-likeness (QED) is 0.291. The Bertz CT molecular complexity index is 1560. The van der Waals surface area contributed by atoms with Crippen LogP contribution in [0.4, 0.5) is 0 Å². The van der Waals surface area contributed by atoms with Crippen LogP contribution in [0.3, 0.4) is 0 Å². The van der Waals surface area contributed by atoms with Crippen LogP contribution in [0, 0.1) is 0 Å². The van der Waals surface area contributed by atoms with Gasteiger partial charge in [0.25, 0.3) is 5.91 Å². The Kier molecular flexibility index (Phi) is 7.55. The molecule has 2 aromatic carbocycles. The Hall–Kier alpha value is -3.60. The molecule has 2 aromatic heterocycles. The Morgan fingerprint density at radius 2 is 1.95 bits per heavy atom. The fourth-order valence-electron chi connectivity index (χ4n) is 4.63. The van der Waals surface area contributed by atoms with Crippen LogP contribution in [0.1, 0.15) is 36.2 Å². The number of hydrazone groups is 1. The largest absolute Gasteiger partial charge is 0.497 e. The zero-order chi connectivity index (χ0) is 26.7. The van der Waals surface area contributed by atoms with Crippen LogP contribution in [-0.2, 0) is 14.8 Å². The average molecular weight is 549 g/mol. The summed E-state index contributed by atoms with van der Waals surface area (Å²) in [5.74, 6) is 0.339. The highest BCUT2D eigenvalue weighted by Gasteiger charge is 2.36. The summed E-state index contributed by atoms with van der Waals surface area (Å²) in [6.45, 7) is 1.78. The molecule has 0 fully saturated rings. The van der Waals surface area contributed by atoms with Crippen LogP contribution in [0.2, 0.25) is 0 Å². The molecule has 5 rings (SSSR count). The number of thiophene rings is 1. The SMILES string of the molecule is CCCN(CC(=O)N1N=C(c2cccs2)CC1c1ccc(OC)cc1)S(=O)(=O)c1cccc2cnccc12. The zero-order valence-corrected chi connectivity index (χ0v) is 22.8. The summed E-state index contributed by atoms with van der Waals surface area (Å²) in [5.41, 5.74) is 1.71. The number of methoxy groups -OCH3 is 1. The average Bonchev–Trinajstić information content (AvgIpc) is 3.63. The van der Waals surface area contributed by atoms with E-state index in [0.29, 0.717) is 18.2 Å². The molecule has 1 aliphatic heterocycles. The topological polar surface area (TPSA) is 92.2 Å². The van der Waals surface area contributed by atoms with Crippen LogP contribution in [-0.4, -0.2) is 54.5 Å². The van der Waals surface area contributed by atoms with E-state index in [9.17, 15) is 13.2 Å². The van der Waals surface area contributed by atoms with Crippen molar-refractivity contribution in [3.05, 3.63) is 88.9 Å². The van der Waals surface area contributed by atoms with Crippen molar-refractivity contribution >= 4 is 43.8 Å². The maximum atomic E-state index is 13.8. The van der Waals surface area contributed by atoms with E-state index in [2.05, 4.69) is 4.98 Å². The van der Waals surface area contributed by atoms with Crippen LogP contribution in [0.25, 0.3) is 10.8 Å². The second kappa shape index (κ2) is 11.0. The van der Waals surface area contributed by atoms with Gasteiger partial charge in [0.15, 0.2) is 0 Å². The fraction of sp³-hybridized carbons (Fsp3) is 0.250. The van der Waals surface area contributed by atoms with Gasteiger partial charge < -0.3 is 4.74 Å². The van der Waals surface area contributed by atoms with Crippen LogP contribution in [0.15, 0.2) is 88.4 Å². The first-order valence-corrected chi connectivity index (χ1v) is 14.6. The zero-order valence-electron chi connectivity index (χ0n) is 21.1. The van der Waals surface area contributed by atoms with Gasteiger partial charge in [-0.15, -0.1) is 11.3 Å². The lowest BCUT2D eigenvalue weighted by Crippen LogP contribution is -2.41. The summed E-state index contributed by atoms with van der Waals surface area (Å²) in [6.07, 6.45) is 4.30. The Labute approximate surface area is 226 Å². The molecule has 4 aromatic rings. The lowest BCUT2D eigenvalue weighted by atomic mass is 10.0. The number of ether oxygens (including phenoxy) is 1. The molecular weight excluding hydrogens is 520 g/mol. The first-order chi connectivity index (χ1) is 18.4. The highest BCUT2D eigenvalue weighted by Crippen LogP contribution is 2.35. The third-order valence-corrected chi connectivity index (χ3v) is 9.34. The summed E-state index contributed by atoms with van der Waals surface area (Å²) >= 11 is 1.56. The third-order valence-electron chi connectivity index (χ3n) is 6.52. The van der Waals surface area contributed by atoms with Crippen molar-refractivity contribution in [3.8, 4) is 5.75 Å². The smallest absolute Gasteiger partial charge is 0.258 e. The minimum atomic E-state index is -3.97. The van der Waals surface area contributed by atoms with E-state index < -0.39 is 10.0 Å². The van der Waals surface area contributed by atoms with Crippen molar-refractivity contribution in [1.29, 1.82) is 0 Å². The van der Waals surface area contributed by atoms with Gasteiger partial charge in [-0.3, -0.25) is 9.78 Å². The van der Waals surface area contributed by atoms with Crippen molar-refractivity contribution in [1.82, 2.24) is 14.3 Å². The lowest BCUT2D eigenvalue weighted by molar-refractivity contribution is -0.133. The standard InChI is InChI=1S/C28H28N4O4S2/c1-3-15-31(38(34,35)27-8-4-6-21-18-29-14-13-23(21)27)19-28(33)32-25(20-9-11-22(36-2)12-10-20)17-24(30-32)26-7-5-16-37-26/h4-14,16,18,25H,3,15,17,19H2,1-2H3. The van der Waals surface area contributed by atoms with Crippen molar-refractivity contribution in [3.63, 3.8) is 0 Å². The summed E-state index contributed by atoms with van der Waals surface area (Å²) in [4.78, 5) is 19.0. The minimum Gasteiger partial charge on any atom is -0.497 e. The highest BCUT2D eigenvalue weighted by atomic mass is 32.2. The molecule has 0 aliphatic carbocycles. The van der Waals surface area contributed by atoms with Crippen molar-refractivity contribution in [2.24, 2.45) is 5.10 Å². The third kappa shape index (κ3) is 5.07. The summed E-state index contributed by atoms with van der Waals surface area (Å²) in [5, 5.41) is 9.42. The van der Waals surface area contributed by atoms with Gasteiger partial charge in [-0.25, -0.2) is 13.4 Å². The summed E-state index contributed by atoms with van der Waals surface area (Å²) in [7, 11) is -2.36. The molecule has 8 nitrogen and oxygen atoms in total. The number of nitrogens with zero attached hydrogens (tertiary/aromatic N) is 4. The van der Waals surface area contributed by atoms with Gasteiger partial charge in [0.1, 0.15) is 5.75 Å². The van der Waals surface area contributed by atoms with Gasteiger partial charge in [0.2, 0.25) is 10.0 Å². The maximum absolute atomic E-state index is 13.8. The number of amides is 1. The van der Waals surface area contributed by atoms with E-state index in [4.69, 9.17) is 9.84 Å². The number of benzene rings is 2. The Balaban J connectivity index is 1.48. The number of fused-ring (bicyclic) bond motifs is 1. The van der Waals surface area contributed by atoms with Gasteiger partial charge >= 0.3 is 0 Å². The summed E-state index contributed by atoms with van der Waals surface area (Å²) in [6, 6.07) is 17.9. The highest BCUT2D eigenvalue weighted by molar-refractivity contribution is 7.89. The molecule has 1 amide bonds. The van der Waals surface area contributed by atoms with E-state index in [0.717, 1.165) is 27.3 Å². The summed E-state index contributed by atoms with van der Waals surface area (Å²) < 4.78 is 34.2. The minimum absolute atomic E-state index is 0.162. The van der Waals surface area contributed by atoms with E-state index >= 15 is 0 Å². The molecular formula is C28H28N4O4S2.